The Morgan fingerprint density at radius 3 is 2.85 bits per heavy atom. The van der Waals surface area contributed by atoms with Crippen LogP contribution in [0.1, 0.15) is 50.6 Å². The zero-order valence-electron chi connectivity index (χ0n) is 11.9. The van der Waals surface area contributed by atoms with Crippen molar-refractivity contribution in [3.63, 3.8) is 0 Å². The van der Waals surface area contributed by atoms with Crippen LogP contribution in [0.5, 0.6) is 5.75 Å². The molecular formula is C16H22ClNO2. The Morgan fingerprint density at radius 1 is 1.45 bits per heavy atom. The lowest BCUT2D eigenvalue weighted by molar-refractivity contribution is -0.153. The van der Waals surface area contributed by atoms with E-state index in [9.17, 15) is 0 Å². The minimum Gasteiger partial charge on any atom is -0.489 e. The van der Waals surface area contributed by atoms with Gasteiger partial charge in [-0.2, -0.15) is 0 Å². The molecule has 1 aromatic rings. The van der Waals surface area contributed by atoms with Crippen LogP contribution in [0.4, 0.5) is 0 Å². The molecule has 0 aromatic heterocycles. The van der Waals surface area contributed by atoms with Gasteiger partial charge in [-0.25, -0.2) is 0 Å². The molecule has 2 atom stereocenters. The number of hydrogen-bond donors (Lipinski definition) is 1. The van der Waals surface area contributed by atoms with E-state index >= 15 is 0 Å². The Hall–Kier alpha value is -0.770. The summed E-state index contributed by atoms with van der Waals surface area (Å²) in [6, 6.07) is 5.82. The lowest BCUT2D eigenvalue weighted by Gasteiger charge is -2.46. The first-order valence-electron chi connectivity index (χ1n) is 7.44. The highest BCUT2D eigenvalue weighted by Gasteiger charge is 2.43. The summed E-state index contributed by atoms with van der Waals surface area (Å²) < 4.78 is 12.0. The number of rotatable bonds is 3. The van der Waals surface area contributed by atoms with Gasteiger partial charge in [0.15, 0.2) is 0 Å². The van der Waals surface area contributed by atoms with Crippen LogP contribution in [-0.2, 0) is 4.74 Å². The predicted octanol–water partition coefficient (Wildman–Crippen LogP) is 3.84. The number of hydrogen-bond acceptors (Lipinski definition) is 3. The highest BCUT2D eigenvalue weighted by Crippen LogP contribution is 2.43. The van der Waals surface area contributed by atoms with Crippen LogP contribution in [0.3, 0.4) is 0 Å². The number of nitrogens with two attached hydrogens (primary N) is 1. The highest BCUT2D eigenvalue weighted by atomic mass is 35.5. The molecule has 0 bridgehead atoms. The summed E-state index contributed by atoms with van der Waals surface area (Å²) in [5.74, 6) is 0.762. The molecule has 3 rings (SSSR count). The second-order valence-corrected chi connectivity index (χ2v) is 6.50. The third-order valence-electron chi connectivity index (χ3n) is 4.49. The average molecular weight is 296 g/mol. The van der Waals surface area contributed by atoms with Crippen molar-refractivity contribution in [2.24, 2.45) is 5.73 Å². The summed E-state index contributed by atoms with van der Waals surface area (Å²) >= 11 is 6.30. The van der Waals surface area contributed by atoms with Crippen LogP contribution in [0.15, 0.2) is 18.2 Å². The van der Waals surface area contributed by atoms with E-state index in [1.165, 1.54) is 19.3 Å². The number of ether oxygens (including phenoxy) is 2. The van der Waals surface area contributed by atoms with Gasteiger partial charge in [0.2, 0.25) is 0 Å². The number of benzene rings is 1. The van der Waals surface area contributed by atoms with E-state index in [4.69, 9.17) is 26.8 Å². The van der Waals surface area contributed by atoms with Crippen molar-refractivity contribution in [1.82, 2.24) is 0 Å². The normalized spacial score (nSPS) is 26.1. The smallest absolute Gasteiger partial charge is 0.138 e. The van der Waals surface area contributed by atoms with Crippen molar-refractivity contribution in [1.29, 1.82) is 0 Å². The molecule has 2 N–H and O–H groups in total. The van der Waals surface area contributed by atoms with E-state index in [1.807, 2.05) is 25.1 Å². The molecule has 1 spiro atoms. The van der Waals surface area contributed by atoms with Gasteiger partial charge < -0.3 is 15.2 Å². The van der Waals surface area contributed by atoms with Crippen LogP contribution in [0.25, 0.3) is 0 Å². The molecule has 1 aliphatic carbocycles. The van der Waals surface area contributed by atoms with Crippen LogP contribution in [0, 0.1) is 0 Å². The predicted molar refractivity (Wildman–Crippen MR) is 80.2 cm³/mol. The highest BCUT2D eigenvalue weighted by molar-refractivity contribution is 6.32. The summed E-state index contributed by atoms with van der Waals surface area (Å²) in [5, 5.41) is 0.647. The Morgan fingerprint density at radius 2 is 2.25 bits per heavy atom. The van der Waals surface area contributed by atoms with Gasteiger partial charge in [0.25, 0.3) is 0 Å². The van der Waals surface area contributed by atoms with E-state index in [2.05, 4.69) is 0 Å². The van der Waals surface area contributed by atoms with E-state index in [-0.39, 0.29) is 17.7 Å². The van der Waals surface area contributed by atoms with Crippen molar-refractivity contribution < 1.29 is 9.47 Å². The molecule has 20 heavy (non-hydrogen) atoms. The SMILES string of the molecule is CC(N)c1ccc(OC2CCOC3(CCC3)C2)c(Cl)c1. The lowest BCUT2D eigenvalue weighted by Crippen LogP contribution is -2.48. The molecular weight excluding hydrogens is 274 g/mol. The molecule has 0 amide bonds. The third-order valence-corrected chi connectivity index (χ3v) is 4.78. The van der Waals surface area contributed by atoms with Crippen molar-refractivity contribution in [2.75, 3.05) is 6.61 Å². The first-order valence-corrected chi connectivity index (χ1v) is 7.81. The maximum Gasteiger partial charge on any atom is 0.138 e. The third kappa shape index (κ3) is 2.80. The minimum atomic E-state index is -0.0112. The molecule has 2 aliphatic rings. The molecule has 1 saturated heterocycles. The quantitative estimate of drug-likeness (QED) is 0.921. The first-order chi connectivity index (χ1) is 9.58. The zero-order chi connectivity index (χ0) is 14.2. The summed E-state index contributed by atoms with van der Waals surface area (Å²) in [5.41, 5.74) is 6.99. The van der Waals surface area contributed by atoms with Gasteiger partial charge in [-0.3, -0.25) is 0 Å². The van der Waals surface area contributed by atoms with Crippen LogP contribution < -0.4 is 10.5 Å². The largest absolute Gasteiger partial charge is 0.489 e. The maximum absolute atomic E-state index is 6.30. The van der Waals surface area contributed by atoms with Crippen molar-refractivity contribution in [2.45, 2.75) is 56.8 Å². The van der Waals surface area contributed by atoms with Crippen LogP contribution in [0.2, 0.25) is 5.02 Å². The standard InChI is InChI=1S/C16H22ClNO2/c1-11(18)12-3-4-15(14(17)9-12)20-13-5-8-19-16(10-13)6-2-7-16/h3-4,9,11,13H,2,5-8,10,18H2,1H3. The molecule has 1 saturated carbocycles. The molecule has 1 aliphatic heterocycles. The summed E-state index contributed by atoms with van der Waals surface area (Å²) in [4.78, 5) is 0. The van der Waals surface area contributed by atoms with E-state index in [1.54, 1.807) is 0 Å². The second kappa shape index (κ2) is 5.55. The Labute approximate surface area is 125 Å². The van der Waals surface area contributed by atoms with Crippen molar-refractivity contribution in [3.8, 4) is 5.75 Å². The fraction of sp³-hybridized carbons (Fsp3) is 0.625. The minimum absolute atomic E-state index is 0.0112. The molecule has 2 unspecified atom stereocenters. The Bertz CT molecular complexity index is 485. The summed E-state index contributed by atoms with van der Waals surface area (Å²) in [6.07, 6.45) is 5.75. The molecule has 1 heterocycles. The Kier molecular flexibility index (Phi) is 3.93. The second-order valence-electron chi connectivity index (χ2n) is 6.10. The molecule has 1 aromatic carbocycles. The van der Waals surface area contributed by atoms with Gasteiger partial charge in [-0.1, -0.05) is 17.7 Å². The molecule has 2 fully saturated rings. The summed E-state index contributed by atoms with van der Waals surface area (Å²) in [7, 11) is 0. The molecule has 110 valence electrons. The van der Waals surface area contributed by atoms with Crippen molar-refractivity contribution in [3.05, 3.63) is 28.8 Å². The van der Waals surface area contributed by atoms with Crippen molar-refractivity contribution >= 4 is 11.6 Å². The maximum atomic E-state index is 6.30. The van der Waals surface area contributed by atoms with E-state index in [0.29, 0.717) is 5.02 Å². The monoisotopic (exact) mass is 295 g/mol. The van der Waals surface area contributed by atoms with Gasteiger partial charge in [-0.15, -0.1) is 0 Å². The molecule has 0 radical (unpaired) electrons. The number of halogens is 1. The van der Waals surface area contributed by atoms with Gasteiger partial charge in [0.05, 0.1) is 17.2 Å². The first kappa shape index (κ1) is 14.2. The average Bonchev–Trinajstić information content (AvgIpc) is 2.39. The fourth-order valence-corrected chi connectivity index (χ4v) is 3.31. The fourth-order valence-electron chi connectivity index (χ4n) is 3.08. The van der Waals surface area contributed by atoms with Gasteiger partial charge in [-0.05, 0) is 43.9 Å². The van der Waals surface area contributed by atoms with Crippen LogP contribution in [-0.4, -0.2) is 18.3 Å². The zero-order valence-corrected chi connectivity index (χ0v) is 12.7. The van der Waals surface area contributed by atoms with Crippen LogP contribution >= 0.6 is 11.6 Å². The molecule has 4 heteroatoms. The molecule has 3 nitrogen and oxygen atoms in total. The van der Waals surface area contributed by atoms with Gasteiger partial charge in [0, 0.05) is 18.9 Å². The van der Waals surface area contributed by atoms with E-state index < -0.39 is 0 Å². The van der Waals surface area contributed by atoms with E-state index in [0.717, 1.165) is 30.8 Å². The van der Waals surface area contributed by atoms with Gasteiger partial charge >= 0.3 is 0 Å². The lowest BCUT2D eigenvalue weighted by atomic mass is 9.74. The Balaban J connectivity index is 1.68. The summed E-state index contributed by atoms with van der Waals surface area (Å²) in [6.45, 7) is 2.74. The topological polar surface area (TPSA) is 44.5 Å². The van der Waals surface area contributed by atoms with Gasteiger partial charge in [0.1, 0.15) is 11.9 Å².